The van der Waals surface area contributed by atoms with E-state index in [-0.39, 0.29) is 12.4 Å². The lowest BCUT2D eigenvalue weighted by Gasteiger charge is -2.30. The largest absolute Gasteiger partial charge is 1.00 e. The van der Waals surface area contributed by atoms with E-state index in [4.69, 9.17) is 0 Å². The molecule has 2 heteroatoms. The Labute approximate surface area is 212 Å². The zero-order valence-corrected chi connectivity index (χ0v) is 22.9. The van der Waals surface area contributed by atoms with Gasteiger partial charge in [0.1, 0.15) is 6.54 Å². The fraction of sp³-hybridized carbons (Fsp3) is 0.677. The average molecular weight is 474 g/mol. The van der Waals surface area contributed by atoms with E-state index in [1.807, 2.05) is 0 Å². The van der Waals surface area contributed by atoms with Gasteiger partial charge < -0.3 is 16.9 Å². The minimum Gasteiger partial charge on any atom is -1.00 e. The summed E-state index contributed by atoms with van der Waals surface area (Å²) < 4.78 is 1.09. The molecule has 0 saturated heterocycles. The van der Waals surface area contributed by atoms with Crippen LogP contribution in [0.15, 0.2) is 42.5 Å². The molecule has 0 atom stereocenters. The van der Waals surface area contributed by atoms with E-state index < -0.39 is 0 Å². The van der Waals surface area contributed by atoms with E-state index in [1.54, 1.807) is 0 Å². The predicted octanol–water partition coefficient (Wildman–Crippen LogP) is 6.68. The number of rotatable bonds is 19. The number of fused-ring (bicyclic) bond motifs is 1. The summed E-state index contributed by atoms with van der Waals surface area (Å²) in [5.74, 6) is 0. The maximum absolute atomic E-state index is 2.40. The molecule has 0 unspecified atom stereocenters. The van der Waals surface area contributed by atoms with Crippen molar-refractivity contribution in [2.45, 2.75) is 116 Å². The maximum atomic E-state index is 2.40. The van der Waals surface area contributed by atoms with Crippen LogP contribution in [0.4, 0.5) is 0 Å². The number of unbranched alkanes of at least 4 members (excludes halogenated alkanes) is 15. The van der Waals surface area contributed by atoms with Gasteiger partial charge >= 0.3 is 0 Å². The number of hydrogen-bond acceptors (Lipinski definition) is 0. The number of hydrogen-bond donors (Lipinski definition) is 0. The van der Waals surface area contributed by atoms with Crippen molar-refractivity contribution < 1.29 is 16.9 Å². The Morgan fingerprint density at radius 2 is 1.00 bits per heavy atom. The van der Waals surface area contributed by atoms with Gasteiger partial charge in [-0.15, -0.1) is 0 Å². The molecule has 188 valence electrons. The average Bonchev–Trinajstić information content (AvgIpc) is 2.79. The molecule has 2 rings (SSSR count). The Morgan fingerprint density at radius 1 is 0.545 bits per heavy atom. The van der Waals surface area contributed by atoms with Gasteiger partial charge in [-0.25, -0.2) is 0 Å². The highest BCUT2D eigenvalue weighted by Crippen LogP contribution is 2.22. The minimum atomic E-state index is 0. The molecule has 2 aromatic carbocycles. The van der Waals surface area contributed by atoms with E-state index in [2.05, 4.69) is 63.5 Å². The molecule has 0 spiro atoms. The SMILES string of the molecule is CCCCCCCCCCCCCCCCCC[N+](C)(C)Cc1cccc2ccccc12.[Cl-]. The summed E-state index contributed by atoms with van der Waals surface area (Å²) in [5.41, 5.74) is 1.49. The van der Waals surface area contributed by atoms with Gasteiger partial charge in [0.05, 0.1) is 20.6 Å². The highest BCUT2D eigenvalue weighted by atomic mass is 35.5. The number of quaternary nitrogens is 1. The van der Waals surface area contributed by atoms with E-state index in [0.29, 0.717) is 0 Å². The second kappa shape index (κ2) is 18.3. The lowest BCUT2D eigenvalue weighted by molar-refractivity contribution is -0.903. The van der Waals surface area contributed by atoms with Crippen LogP contribution in [0.25, 0.3) is 10.8 Å². The second-order valence-corrected chi connectivity index (χ2v) is 10.8. The lowest BCUT2D eigenvalue weighted by atomic mass is 10.0. The van der Waals surface area contributed by atoms with Gasteiger partial charge in [0.25, 0.3) is 0 Å². The summed E-state index contributed by atoms with van der Waals surface area (Å²) >= 11 is 0. The van der Waals surface area contributed by atoms with Crippen molar-refractivity contribution in [2.24, 2.45) is 0 Å². The first-order valence-corrected chi connectivity index (χ1v) is 13.9. The van der Waals surface area contributed by atoms with Crippen molar-refractivity contribution in [1.29, 1.82) is 0 Å². The van der Waals surface area contributed by atoms with Crippen LogP contribution in [0.5, 0.6) is 0 Å². The van der Waals surface area contributed by atoms with Gasteiger partial charge in [0.15, 0.2) is 0 Å². The quantitative estimate of drug-likeness (QED) is 0.157. The standard InChI is InChI=1S/C31H52N.ClH/c1-4-5-6-7-8-9-10-11-12-13-14-15-16-17-18-21-27-32(2,3)28-30-25-22-24-29-23-19-20-26-31(29)30;/h19-20,22-26H,4-18,21,27-28H2,1-3H3;1H/q+1;/p-1. The van der Waals surface area contributed by atoms with Crippen LogP contribution in [0.2, 0.25) is 0 Å². The molecule has 0 aliphatic heterocycles. The monoisotopic (exact) mass is 473 g/mol. The summed E-state index contributed by atoms with van der Waals surface area (Å²) in [6.07, 6.45) is 23.1. The van der Waals surface area contributed by atoms with E-state index in [0.717, 1.165) is 11.0 Å². The van der Waals surface area contributed by atoms with Crippen LogP contribution < -0.4 is 12.4 Å². The molecule has 0 N–H and O–H groups in total. The summed E-state index contributed by atoms with van der Waals surface area (Å²) in [4.78, 5) is 0. The summed E-state index contributed by atoms with van der Waals surface area (Å²) in [6.45, 7) is 4.70. The molecule has 0 aliphatic carbocycles. The lowest BCUT2D eigenvalue weighted by Crippen LogP contribution is -3.00. The molecular weight excluding hydrogens is 422 g/mol. The van der Waals surface area contributed by atoms with E-state index in [9.17, 15) is 0 Å². The Bertz CT molecular complexity index is 718. The van der Waals surface area contributed by atoms with E-state index >= 15 is 0 Å². The Kier molecular flexibility index (Phi) is 16.6. The smallest absolute Gasteiger partial charge is 0.105 e. The highest BCUT2D eigenvalue weighted by molar-refractivity contribution is 5.85. The van der Waals surface area contributed by atoms with Crippen LogP contribution in [0.3, 0.4) is 0 Å². The molecule has 0 amide bonds. The first-order chi connectivity index (χ1) is 15.6. The summed E-state index contributed by atoms with van der Waals surface area (Å²) in [7, 11) is 4.79. The highest BCUT2D eigenvalue weighted by Gasteiger charge is 2.16. The third-order valence-electron chi connectivity index (χ3n) is 7.10. The second-order valence-electron chi connectivity index (χ2n) is 10.8. The van der Waals surface area contributed by atoms with Crippen molar-refractivity contribution >= 4 is 10.8 Å². The predicted molar refractivity (Wildman–Crippen MR) is 144 cm³/mol. The molecule has 0 fully saturated rings. The fourth-order valence-corrected chi connectivity index (χ4v) is 5.06. The molecule has 0 aliphatic rings. The van der Waals surface area contributed by atoms with Crippen LogP contribution in [-0.2, 0) is 6.54 Å². The minimum absolute atomic E-state index is 0. The molecule has 0 radical (unpaired) electrons. The van der Waals surface area contributed by atoms with Gasteiger partial charge in [-0.3, -0.25) is 0 Å². The topological polar surface area (TPSA) is 0 Å². The van der Waals surface area contributed by atoms with E-state index in [1.165, 1.54) is 126 Å². The number of halogens is 1. The zero-order chi connectivity index (χ0) is 22.9. The van der Waals surface area contributed by atoms with Gasteiger partial charge in [0, 0.05) is 5.56 Å². The molecule has 33 heavy (non-hydrogen) atoms. The van der Waals surface area contributed by atoms with Gasteiger partial charge in [-0.1, -0.05) is 139 Å². The Morgan fingerprint density at radius 3 is 1.55 bits per heavy atom. The Balaban J connectivity index is 0.00000544. The third kappa shape index (κ3) is 13.4. The zero-order valence-electron chi connectivity index (χ0n) is 22.1. The van der Waals surface area contributed by atoms with Gasteiger partial charge in [-0.2, -0.15) is 0 Å². The molecule has 0 aromatic heterocycles. The summed E-state index contributed by atoms with van der Waals surface area (Å²) in [5, 5.41) is 2.79. The van der Waals surface area contributed by atoms with Crippen molar-refractivity contribution in [3.05, 3.63) is 48.0 Å². The molecule has 1 nitrogen and oxygen atoms in total. The first-order valence-electron chi connectivity index (χ1n) is 13.9. The van der Waals surface area contributed by atoms with Crippen molar-refractivity contribution in [2.75, 3.05) is 20.6 Å². The number of nitrogens with zero attached hydrogens (tertiary/aromatic N) is 1. The molecule has 0 heterocycles. The van der Waals surface area contributed by atoms with Crippen LogP contribution in [-0.4, -0.2) is 25.1 Å². The van der Waals surface area contributed by atoms with Crippen LogP contribution >= 0.6 is 0 Å². The van der Waals surface area contributed by atoms with Crippen molar-refractivity contribution in [1.82, 2.24) is 0 Å². The van der Waals surface area contributed by atoms with Gasteiger partial charge in [0.2, 0.25) is 0 Å². The molecule has 0 bridgehead atoms. The van der Waals surface area contributed by atoms with Crippen molar-refractivity contribution in [3.8, 4) is 0 Å². The first kappa shape index (κ1) is 30.0. The molecular formula is C31H52ClN. The van der Waals surface area contributed by atoms with Crippen LogP contribution in [0, 0.1) is 0 Å². The normalized spacial score (nSPS) is 11.6. The third-order valence-corrected chi connectivity index (χ3v) is 7.10. The molecule has 2 aromatic rings. The van der Waals surface area contributed by atoms with Crippen LogP contribution in [0.1, 0.15) is 115 Å². The molecule has 0 saturated carbocycles. The van der Waals surface area contributed by atoms with Crippen molar-refractivity contribution in [3.63, 3.8) is 0 Å². The van der Waals surface area contributed by atoms with Gasteiger partial charge in [-0.05, 0) is 23.6 Å². The maximum Gasteiger partial charge on any atom is 0.105 e. The number of benzene rings is 2. The fourth-order valence-electron chi connectivity index (χ4n) is 5.06. The Hall–Kier alpha value is -1.05. The summed E-state index contributed by atoms with van der Waals surface area (Å²) in [6, 6.07) is 15.6.